The maximum absolute atomic E-state index is 12.9. The van der Waals surface area contributed by atoms with Gasteiger partial charge in [-0.15, -0.1) is 0 Å². The molecule has 31 heavy (non-hydrogen) atoms. The van der Waals surface area contributed by atoms with E-state index in [0.29, 0.717) is 23.5 Å². The Hall–Kier alpha value is -3.16. The molecule has 0 aliphatic heterocycles. The summed E-state index contributed by atoms with van der Waals surface area (Å²) in [5.74, 6) is 0.275. The van der Waals surface area contributed by atoms with Crippen LogP contribution in [0.4, 0.5) is 5.69 Å². The first-order chi connectivity index (χ1) is 14.8. The van der Waals surface area contributed by atoms with Gasteiger partial charge in [0.1, 0.15) is 5.75 Å². The van der Waals surface area contributed by atoms with E-state index in [1.807, 2.05) is 38.1 Å². The number of hydrogen-bond acceptors (Lipinski definition) is 4. The number of amides is 1. The van der Waals surface area contributed by atoms with Crippen molar-refractivity contribution in [3.63, 3.8) is 0 Å². The zero-order valence-electron chi connectivity index (χ0n) is 17.8. The third-order valence-electron chi connectivity index (χ3n) is 4.86. The highest BCUT2D eigenvalue weighted by atomic mass is 32.2. The Labute approximate surface area is 183 Å². The van der Waals surface area contributed by atoms with Crippen LogP contribution in [0.2, 0.25) is 0 Å². The van der Waals surface area contributed by atoms with E-state index in [1.165, 1.54) is 11.4 Å². The van der Waals surface area contributed by atoms with Gasteiger partial charge in [-0.05, 0) is 55.8 Å². The summed E-state index contributed by atoms with van der Waals surface area (Å²) in [5.41, 5.74) is 2.72. The van der Waals surface area contributed by atoms with Crippen LogP contribution in [-0.2, 0) is 16.6 Å². The van der Waals surface area contributed by atoms with Gasteiger partial charge in [0, 0.05) is 30.4 Å². The first kappa shape index (κ1) is 22.5. The van der Waals surface area contributed by atoms with E-state index < -0.39 is 10.0 Å². The van der Waals surface area contributed by atoms with Crippen molar-refractivity contribution >= 4 is 21.6 Å². The van der Waals surface area contributed by atoms with Crippen molar-refractivity contribution in [3.8, 4) is 5.75 Å². The summed E-state index contributed by atoms with van der Waals surface area (Å²) >= 11 is 0. The lowest BCUT2D eigenvalue weighted by atomic mass is 10.1. The van der Waals surface area contributed by atoms with Crippen molar-refractivity contribution in [3.05, 3.63) is 89.5 Å². The highest BCUT2D eigenvalue weighted by Gasteiger charge is 2.22. The van der Waals surface area contributed by atoms with Gasteiger partial charge in [-0.25, -0.2) is 8.42 Å². The second-order valence-electron chi connectivity index (χ2n) is 7.10. The normalized spacial score (nSPS) is 11.4. The molecule has 162 valence electrons. The van der Waals surface area contributed by atoms with Gasteiger partial charge in [0.25, 0.3) is 5.91 Å². The number of nitrogens with zero attached hydrogens (tertiary/aromatic N) is 1. The van der Waals surface area contributed by atoms with E-state index in [-0.39, 0.29) is 17.3 Å². The van der Waals surface area contributed by atoms with Crippen molar-refractivity contribution in [1.29, 1.82) is 0 Å². The Morgan fingerprint density at radius 2 is 1.68 bits per heavy atom. The fourth-order valence-corrected chi connectivity index (χ4v) is 4.32. The number of anilines is 1. The van der Waals surface area contributed by atoms with Crippen molar-refractivity contribution in [2.24, 2.45) is 0 Å². The topological polar surface area (TPSA) is 75.7 Å². The van der Waals surface area contributed by atoms with Crippen molar-refractivity contribution in [2.45, 2.75) is 25.3 Å². The molecule has 0 aromatic heterocycles. The van der Waals surface area contributed by atoms with E-state index >= 15 is 0 Å². The van der Waals surface area contributed by atoms with Crippen LogP contribution in [-0.4, -0.2) is 32.3 Å². The Balaban J connectivity index is 1.88. The Kier molecular flexibility index (Phi) is 7.09. The third kappa shape index (κ3) is 5.31. The number of nitrogens with one attached hydrogen (secondary N) is 1. The lowest BCUT2D eigenvalue weighted by Gasteiger charge is -2.20. The zero-order valence-corrected chi connectivity index (χ0v) is 18.6. The molecule has 3 aromatic rings. The SMILES string of the molecule is CCOc1ccc(C(=O)Nc2ccccc2C)cc1CN(C)S(=O)(=O)c1ccccc1. The zero-order chi connectivity index (χ0) is 22.4. The highest BCUT2D eigenvalue weighted by molar-refractivity contribution is 7.89. The van der Waals surface area contributed by atoms with Crippen molar-refractivity contribution < 1.29 is 17.9 Å². The standard InChI is InChI=1S/C24H26N2O4S/c1-4-30-23-15-14-19(24(27)25-22-13-9-8-10-18(22)2)16-20(23)17-26(3)31(28,29)21-11-6-5-7-12-21/h5-16H,4,17H2,1-3H3,(H,25,27). The number of para-hydroxylation sites is 1. The fourth-order valence-electron chi connectivity index (χ4n) is 3.15. The summed E-state index contributed by atoms with van der Waals surface area (Å²) in [6.45, 7) is 4.27. The molecule has 0 aliphatic rings. The number of sulfonamides is 1. The summed E-state index contributed by atoms with van der Waals surface area (Å²) < 4.78 is 32.7. The molecule has 0 unspecified atom stereocenters. The minimum atomic E-state index is -3.68. The molecular formula is C24H26N2O4S. The minimum Gasteiger partial charge on any atom is -0.494 e. The summed E-state index contributed by atoms with van der Waals surface area (Å²) in [6.07, 6.45) is 0. The number of aryl methyl sites for hydroxylation is 1. The van der Waals surface area contributed by atoms with Crippen molar-refractivity contribution in [1.82, 2.24) is 4.31 Å². The molecule has 0 atom stereocenters. The van der Waals surface area contributed by atoms with E-state index in [9.17, 15) is 13.2 Å². The molecule has 1 amide bonds. The van der Waals surface area contributed by atoms with E-state index in [4.69, 9.17) is 4.74 Å². The molecular weight excluding hydrogens is 412 g/mol. The van der Waals surface area contributed by atoms with Crippen LogP contribution in [0.25, 0.3) is 0 Å². The van der Waals surface area contributed by atoms with Crippen molar-refractivity contribution in [2.75, 3.05) is 19.0 Å². The number of ether oxygens (including phenoxy) is 1. The highest BCUT2D eigenvalue weighted by Crippen LogP contribution is 2.25. The van der Waals surface area contributed by atoms with Gasteiger partial charge in [0.2, 0.25) is 10.0 Å². The van der Waals surface area contributed by atoms with Crippen LogP contribution in [0.5, 0.6) is 5.75 Å². The number of carbonyl (C=O) groups excluding carboxylic acids is 1. The molecule has 0 heterocycles. The minimum absolute atomic E-state index is 0.0675. The average molecular weight is 439 g/mol. The van der Waals surface area contributed by atoms with Crippen LogP contribution in [0, 0.1) is 6.92 Å². The summed E-state index contributed by atoms with van der Waals surface area (Å²) in [4.78, 5) is 13.0. The molecule has 0 fully saturated rings. The molecule has 1 N–H and O–H groups in total. The van der Waals surface area contributed by atoms with Crippen LogP contribution in [0.1, 0.15) is 28.4 Å². The quantitative estimate of drug-likeness (QED) is 0.563. The second-order valence-corrected chi connectivity index (χ2v) is 9.14. The lowest BCUT2D eigenvalue weighted by molar-refractivity contribution is 0.102. The predicted octanol–water partition coefficient (Wildman–Crippen LogP) is 4.47. The van der Waals surface area contributed by atoms with Gasteiger partial charge >= 0.3 is 0 Å². The molecule has 0 spiro atoms. The maximum Gasteiger partial charge on any atom is 0.255 e. The number of benzene rings is 3. The molecule has 0 radical (unpaired) electrons. The van der Waals surface area contributed by atoms with Crippen LogP contribution >= 0.6 is 0 Å². The van der Waals surface area contributed by atoms with E-state index in [0.717, 1.165) is 11.3 Å². The molecule has 0 saturated carbocycles. The summed E-state index contributed by atoms with van der Waals surface area (Å²) in [6, 6.07) is 20.8. The predicted molar refractivity (Wildman–Crippen MR) is 122 cm³/mol. The molecule has 3 rings (SSSR count). The smallest absolute Gasteiger partial charge is 0.255 e. The first-order valence-electron chi connectivity index (χ1n) is 9.97. The first-order valence-corrected chi connectivity index (χ1v) is 11.4. The number of carbonyl (C=O) groups is 1. The molecule has 0 saturated heterocycles. The molecule has 3 aromatic carbocycles. The molecule has 0 aliphatic carbocycles. The lowest BCUT2D eigenvalue weighted by Crippen LogP contribution is -2.27. The third-order valence-corrected chi connectivity index (χ3v) is 6.68. The summed E-state index contributed by atoms with van der Waals surface area (Å²) in [7, 11) is -2.17. The second kappa shape index (κ2) is 9.76. The maximum atomic E-state index is 12.9. The van der Waals surface area contributed by atoms with Crippen LogP contribution < -0.4 is 10.1 Å². The van der Waals surface area contributed by atoms with Gasteiger partial charge in [0.15, 0.2) is 0 Å². The Bertz CT molecular complexity index is 1160. The summed E-state index contributed by atoms with van der Waals surface area (Å²) in [5, 5.41) is 2.90. The van der Waals surface area contributed by atoms with E-state index in [2.05, 4.69) is 5.32 Å². The molecule has 0 bridgehead atoms. The van der Waals surface area contributed by atoms with Gasteiger partial charge < -0.3 is 10.1 Å². The molecule has 6 nitrogen and oxygen atoms in total. The van der Waals surface area contributed by atoms with Gasteiger partial charge in [-0.2, -0.15) is 4.31 Å². The average Bonchev–Trinajstić information content (AvgIpc) is 2.77. The number of rotatable bonds is 8. The number of hydrogen-bond donors (Lipinski definition) is 1. The van der Waals surface area contributed by atoms with Gasteiger partial charge in [-0.3, -0.25) is 4.79 Å². The fraction of sp³-hybridized carbons (Fsp3) is 0.208. The van der Waals surface area contributed by atoms with Gasteiger partial charge in [0.05, 0.1) is 11.5 Å². The van der Waals surface area contributed by atoms with Gasteiger partial charge in [-0.1, -0.05) is 36.4 Å². The van der Waals surface area contributed by atoms with E-state index in [1.54, 1.807) is 48.5 Å². The Morgan fingerprint density at radius 1 is 1.00 bits per heavy atom. The monoisotopic (exact) mass is 438 g/mol. The largest absolute Gasteiger partial charge is 0.494 e. The molecule has 7 heteroatoms. The van der Waals surface area contributed by atoms with Crippen LogP contribution in [0.15, 0.2) is 77.7 Å². The van der Waals surface area contributed by atoms with Crippen LogP contribution in [0.3, 0.4) is 0 Å². The Morgan fingerprint density at radius 3 is 2.35 bits per heavy atom.